The summed E-state index contributed by atoms with van der Waals surface area (Å²) >= 11 is 4.79. The summed E-state index contributed by atoms with van der Waals surface area (Å²) < 4.78 is 0.714. The van der Waals surface area contributed by atoms with Gasteiger partial charge in [-0.2, -0.15) is 0 Å². The van der Waals surface area contributed by atoms with Gasteiger partial charge in [0.25, 0.3) is 5.91 Å². The van der Waals surface area contributed by atoms with E-state index in [1.54, 1.807) is 23.6 Å². The van der Waals surface area contributed by atoms with E-state index in [0.717, 1.165) is 6.42 Å². The van der Waals surface area contributed by atoms with Crippen molar-refractivity contribution in [3.05, 3.63) is 22.7 Å². The van der Waals surface area contributed by atoms with E-state index in [0.29, 0.717) is 28.2 Å². The third kappa shape index (κ3) is 4.69. The summed E-state index contributed by atoms with van der Waals surface area (Å²) in [5, 5.41) is 2.77. The van der Waals surface area contributed by atoms with Crippen LogP contribution in [0.5, 0.6) is 0 Å². The number of nitrogens with zero attached hydrogens (tertiary/aromatic N) is 1. The van der Waals surface area contributed by atoms with E-state index in [4.69, 9.17) is 0 Å². The van der Waals surface area contributed by atoms with Crippen molar-refractivity contribution in [2.75, 3.05) is 18.2 Å². The lowest BCUT2D eigenvalue weighted by Gasteiger charge is -2.23. The van der Waals surface area contributed by atoms with Crippen LogP contribution in [0.15, 0.2) is 22.7 Å². The molecule has 0 bridgehead atoms. The molecule has 19 heavy (non-hydrogen) atoms. The number of amides is 2. The first-order chi connectivity index (χ1) is 8.97. The fourth-order valence-electron chi connectivity index (χ4n) is 1.78. The highest BCUT2D eigenvalue weighted by Crippen LogP contribution is 2.23. The zero-order chi connectivity index (χ0) is 14.4. The maximum absolute atomic E-state index is 12.2. The van der Waals surface area contributed by atoms with Crippen LogP contribution < -0.4 is 5.32 Å². The van der Waals surface area contributed by atoms with Crippen molar-refractivity contribution in [1.82, 2.24) is 10.2 Å². The number of halogens is 1. The van der Waals surface area contributed by atoms with Gasteiger partial charge in [-0.05, 0) is 13.3 Å². The quantitative estimate of drug-likeness (QED) is 0.777. The van der Waals surface area contributed by atoms with Crippen LogP contribution >= 0.6 is 27.7 Å². The molecule has 1 N–H and O–H groups in total. The Kier molecular flexibility index (Phi) is 6.65. The van der Waals surface area contributed by atoms with Crippen molar-refractivity contribution >= 4 is 39.5 Å². The topological polar surface area (TPSA) is 49.4 Å². The Labute approximate surface area is 126 Å². The maximum Gasteiger partial charge on any atom is 0.250 e. The summed E-state index contributed by atoms with van der Waals surface area (Å²) in [5.41, 5.74) is 0.702. The van der Waals surface area contributed by atoms with E-state index >= 15 is 0 Å². The van der Waals surface area contributed by atoms with Crippen LogP contribution in [0.3, 0.4) is 0 Å². The van der Waals surface area contributed by atoms with Gasteiger partial charge < -0.3 is 10.2 Å². The summed E-state index contributed by atoms with van der Waals surface area (Å²) in [6.45, 7) is 7.83. The predicted molar refractivity (Wildman–Crippen MR) is 83.1 cm³/mol. The summed E-state index contributed by atoms with van der Waals surface area (Å²) in [5.74, 6) is 1.04. The Balaban J connectivity index is 2.68. The molecule has 1 fully saturated rings. The van der Waals surface area contributed by atoms with E-state index in [1.807, 2.05) is 13.0 Å². The summed E-state index contributed by atoms with van der Waals surface area (Å²) in [4.78, 5) is 25.9. The predicted octanol–water partition coefficient (Wildman–Crippen LogP) is 2.27. The zero-order valence-electron chi connectivity index (χ0n) is 11.2. The van der Waals surface area contributed by atoms with E-state index < -0.39 is 0 Å². The highest BCUT2D eigenvalue weighted by Gasteiger charge is 2.34. The Bertz CT molecular complexity index is 409. The van der Waals surface area contributed by atoms with Gasteiger partial charge >= 0.3 is 0 Å². The fourth-order valence-corrected chi connectivity index (χ4v) is 3.07. The number of hydrogen-bond donors (Lipinski definition) is 1. The van der Waals surface area contributed by atoms with E-state index in [2.05, 4.69) is 27.8 Å². The van der Waals surface area contributed by atoms with E-state index in [9.17, 15) is 9.59 Å². The SMILES string of the molecule is C=C(Br)CNC(=O)[C@@H]1CSCN1C(=O)/C(C)=C/CC. The average molecular weight is 347 g/mol. The first-order valence-corrected chi connectivity index (χ1v) is 8.08. The fraction of sp³-hybridized carbons (Fsp3) is 0.538. The Hall–Kier alpha value is -0.750. The van der Waals surface area contributed by atoms with Gasteiger partial charge in [0.15, 0.2) is 0 Å². The molecule has 1 aliphatic rings. The molecule has 0 radical (unpaired) electrons. The highest BCUT2D eigenvalue weighted by atomic mass is 79.9. The number of allylic oxidation sites excluding steroid dienone is 1. The first kappa shape index (κ1) is 16.3. The largest absolute Gasteiger partial charge is 0.350 e. The molecule has 1 saturated heterocycles. The van der Waals surface area contributed by atoms with Crippen molar-refractivity contribution in [1.29, 1.82) is 0 Å². The first-order valence-electron chi connectivity index (χ1n) is 6.13. The smallest absolute Gasteiger partial charge is 0.250 e. The van der Waals surface area contributed by atoms with Gasteiger partial charge in [0.1, 0.15) is 6.04 Å². The molecule has 0 aromatic rings. The molecular formula is C13H19BrN2O2S. The van der Waals surface area contributed by atoms with Crippen LogP contribution in [0.2, 0.25) is 0 Å². The molecule has 6 heteroatoms. The highest BCUT2D eigenvalue weighted by molar-refractivity contribution is 9.11. The third-order valence-electron chi connectivity index (χ3n) is 2.75. The van der Waals surface area contributed by atoms with Gasteiger partial charge in [0.2, 0.25) is 5.91 Å². The van der Waals surface area contributed by atoms with Crippen LogP contribution in [0.4, 0.5) is 0 Å². The number of hydrogen-bond acceptors (Lipinski definition) is 3. The van der Waals surface area contributed by atoms with Gasteiger partial charge in [-0.3, -0.25) is 9.59 Å². The molecule has 4 nitrogen and oxygen atoms in total. The maximum atomic E-state index is 12.2. The van der Waals surface area contributed by atoms with Gasteiger partial charge in [-0.1, -0.05) is 35.5 Å². The van der Waals surface area contributed by atoms with Crippen LogP contribution in [0.1, 0.15) is 20.3 Å². The molecule has 1 aliphatic heterocycles. The molecule has 2 amide bonds. The lowest BCUT2D eigenvalue weighted by atomic mass is 10.2. The molecule has 1 heterocycles. The van der Waals surface area contributed by atoms with E-state index in [1.165, 1.54) is 0 Å². The molecule has 106 valence electrons. The average Bonchev–Trinajstić information content (AvgIpc) is 2.84. The summed E-state index contributed by atoms with van der Waals surface area (Å²) in [7, 11) is 0. The van der Waals surface area contributed by atoms with Gasteiger partial charge in [0.05, 0.1) is 5.88 Å². The lowest BCUT2D eigenvalue weighted by molar-refractivity contribution is -0.135. The Morgan fingerprint density at radius 2 is 2.26 bits per heavy atom. The van der Waals surface area contributed by atoms with Crippen LogP contribution in [-0.4, -0.2) is 40.9 Å². The van der Waals surface area contributed by atoms with Gasteiger partial charge in [-0.25, -0.2) is 0 Å². The molecule has 1 rings (SSSR count). The van der Waals surface area contributed by atoms with Crippen LogP contribution in [-0.2, 0) is 9.59 Å². The molecule has 1 atom stereocenters. The normalized spacial score (nSPS) is 19.4. The van der Waals surface area contributed by atoms with Gasteiger partial charge in [0, 0.05) is 22.4 Å². The van der Waals surface area contributed by atoms with Crippen molar-refractivity contribution in [3.63, 3.8) is 0 Å². The number of carbonyl (C=O) groups excluding carboxylic acids is 2. The Morgan fingerprint density at radius 3 is 2.84 bits per heavy atom. The van der Waals surface area contributed by atoms with Crippen molar-refractivity contribution < 1.29 is 9.59 Å². The minimum atomic E-state index is -0.385. The van der Waals surface area contributed by atoms with Crippen molar-refractivity contribution in [3.8, 4) is 0 Å². The van der Waals surface area contributed by atoms with Crippen molar-refractivity contribution in [2.45, 2.75) is 26.3 Å². The third-order valence-corrected chi connectivity index (χ3v) is 4.04. The second kappa shape index (κ2) is 7.75. The molecule has 0 unspecified atom stereocenters. The molecular weight excluding hydrogens is 328 g/mol. The number of carbonyl (C=O) groups is 2. The standard InChI is InChI=1S/C13H19BrN2O2S/c1-4-5-9(2)13(18)16-8-19-7-11(16)12(17)15-6-10(3)14/h5,11H,3-4,6-8H2,1-2H3,(H,15,17)/b9-5+/t11-/m0/s1. The minimum absolute atomic E-state index is 0.0512. The Morgan fingerprint density at radius 1 is 1.58 bits per heavy atom. The molecule has 0 spiro atoms. The van der Waals surface area contributed by atoms with Crippen LogP contribution in [0.25, 0.3) is 0 Å². The zero-order valence-corrected chi connectivity index (χ0v) is 13.6. The number of rotatable bonds is 5. The molecule has 0 aliphatic carbocycles. The molecule has 0 aromatic heterocycles. The van der Waals surface area contributed by atoms with Crippen LogP contribution in [0, 0.1) is 0 Å². The minimum Gasteiger partial charge on any atom is -0.350 e. The summed E-state index contributed by atoms with van der Waals surface area (Å²) in [6.07, 6.45) is 2.71. The monoisotopic (exact) mass is 346 g/mol. The van der Waals surface area contributed by atoms with Gasteiger partial charge in [-0.15, -0.1) is 11.8 Å². The second-order valence-electron chi connectivity index (χ2n) is 4.32. The lowest BCUT2D eigenvalue weighted by Crippen LogP contribution is -2.47. The number of thioether (sulfide) groups is 1. The number of nitrogens with one attached hydrogen (secondary N) is 1. The van der Waals surface area contributed by atoms with Crippen molar-refractivity contribution in [2.24, 2.45) is 0 Å². The van der Waals surface area contributed by atoms with E-state index in [-0.39, 0.29) is 17.9 Å². The molecule has 0 aromatic carbocycles. The summed E-state index contributed by atoms with van der Waals surface area (Å²) in [6, 6.07) is -0.385. The molecule has 0 saturated carbocycles. The second-order valence-corrected chi connectivity index (χ2v) is 6.44.